The summed E-state index contributed by atoms with van der Waals surface area (Å²) in [6.07, 6.45) is 3.56. The van der Waals surface area contributed by atoms with Crippen LogP contribution in [0.3, 0.4) is 0 Å². The molecular weight excluding hydrogens is 528 g/mol. The maximum atomic E-state index is 13.7. The summed E-state index contributed by atoms with van der Waals surface area (Å²) in [5, 5.41) is 18.2. The molecule has 41 heavy (non-hydrogen) atoms. The number of carbonyl (C=O) groups is 3. The van der Waals surface area contributed by atoms with Gasteiger partial charge in [-0.1, -0.05) is 12.8 Å². The Kier molecular flexibility index (Phi) is 8.26. The van der Waals surface area contributed by atoms with Crippen LogP contribution in [0.4, 0.5) is 4.79 Å². The van der Waals surface area contributed by atoms with Crippen molar-refractivity contribution in [1.29, 1.82) is 0 Å². The number of fused-ring (bicyclic) bond motifs is 1. The maximum absolute atomic E-state index is 13.7. The summed E-state index contributed by atoms with van der Waals surface area (Å²) in [4.78, 5) is 45.3. The molecule has 0 spiro atoms. The van der Waals surface area contributed by atoms with Crippen molar-refractivity contribution in [2.45, 2.75) is 95.2 Å². The highest BCUT2D eigenvalue weighted by Crippen LogP contribution is 2.35. The van der Waals surface area contributed by atoms with Crippen LogP contribution in [0.25, 0.3) is 10.8 Å². The number of ether oxygens (including phenoxy) is 3. The second-order valence-electron chi connectivity index (χ2n) is 12.3. The van der Waals surface area contributed by atoms with Gasteiger partial charge in [-0.3, -0.25) is 14.5 Å². The molecule has 2 heterocycles. The van der Waals surface area contributed by atoms with Crippen molar-refractivity contribution in [3.05, 3.63) is 30.5 Å². The average Bonchev–Trinajstić information content (AvgIpc) is 3.86. The molecule has 4 atom stereocenters. The molecule has 3 aliphatic rings. The molecule has 3 N–H and O–H groups in total. The minimum atomic E-state index is -1.37. The number of methoxy groups -OCH3 is 1. The fraction of sp³-hybridized carbons (Fsp3) is 0.600. The van der Waals surface area contributed by atoms with E-state index in [1.165, 1.54) is 4.90 Å². The molecule has 3 fully saturated rings. The molecule has 2 unspecified atom stereocenters. The second-order valence-corrected chi connectivity index (χ2v) is 12.3. The number of aliphatic hydroxyl groups excluding tert-OH is 1. The number of hydrogen-bond acceptors (Lipinski definition) is 8. The number of amides is 3. The van der Waals surface area contributed by atoms with E-state index < -0.39 is 47.8 Å². The number of nitrogens with zero attached hydrogens (tertiary/aromatic N) is 2. The quantitative estimate of drug-likeness (QED) is 0.398. The van der Waals surface area contributed by atoms with Crippen LogP contribution >= 0.6 is 0 Å². The minimum absolute atomic E-state index is 0.0913. The standard InChI is InChI=1S/C30H40N4O7/c1-30(2,3)41-29(38)34-16-21(40-28-22-10-9-20(39-4)14-18(22)11-12-31-28)15-24(34)26(36)33-23(13-17-5-6-17)25(35)27(37)32-19-7-8-19/h9-12,14,17,19,21,23-25,35H,5-8,13,15-16H2,1-4H3,(H,32,37)(H,33,36)/t21?,23-,24-,25?/m0/s1. The zero-order valence-corrected chi connectivity index (χ0v) is 24.1. The third-order valence-corrected chi connectivity index (χ3v) is 7.59. The van der Waals surface area contributed by atoms with Gasteiger partial charge in [-0.25, -0.2) is 9.78 Å². The van der Waals surface area contributed by atoms with E-state index in [4.69, 9.17) is 14.2 Å². The monoisotopic (exact) mass is 568 g/mol. The molecule has 2 aliphatic carbocycles. The summed E-state index contributed by atoms with van der Waals surface area (Å²) >= 11 is 0. The van der Waals surface area contributed by atoms with Crippen molar-refractivity contribution in [1.82, 2.24) is 20.5 Å². The molecule has 2 saturated carbocycles. The van der Waals surface area contributed by atoms with Gasteiger partial charge < -0.3 is 30.0 Å². The largest absolute Gasteiger partial charge is 0.497 e. The highest BCUT2D eigenvalue weighted by molar-refractivity contribution is 5.89. The number of nitrogens with one attached hydrogen (secondary N) is 2. The third kappa shape index (κ3) is 7.38. The fourth-order valence-electron chi connectivity index (χ4n) is 5.12. The number of aliphatic hydroxyl groups is 1. The number of benzene rings is 1. The molecule has 0 radical (unpaired) electrons. The van der Waals surface area contributed by atoms with E-state index in [0.29, 0.717) is 24.0 Å². The van der Waals surface area contributed by atoms with Gasteiger partial charge in [0.2, 0.25) is 11.8 Å². The van der Waals surface area contributed by atoms with Gasteiger partial charge in [-0.05, 0) is 75.6 Å². The molecule has 1 aromatic heterocycles. The lowest BCUT2D eigenvalue weighted by atomic mass is 10.0. The highest BCUT2D eigenvalue weighted by atomic mass is 16.6. The molecular formula is C30H40N4O7. The smallest absolute Gasteiger partial charge is 0.411 e. The first-order valence-electron chi connectivity index (χ1n) is 14.4. The molecule has 11 heteroatoms. The Morgan fingerprint density at radius 3 is 2.56 bits per heavy atom. The zero-order chi connectivity index (χ0) is 29.3. The molecule has 0 bridgehead atoms. The van der Waals surface area contributed by atoms with Crippen LogP contribution in [0, 0.1) is 5.92 Å². The van der Waals surface area contributed by atoms with E-state index in [-0.39, 0.29) is 19.0 Å². The summed E-state index contributed by atoms with van der Waals surface area (Å²) in [7, 11) is 1.60. The first kappa shape index (κ1) is 28.9. The Bertz CT molecular complexity index is 1290. The minimum Gasteiger partial charge on any atom is -0.497 e. The van der Waals surface area contributed by atoms with Gasteiger partial charge in [0, 0.05) is 24.0 Å². The Hall–Kier alpha value is -3.60. The maximum Gasteiger partial charge on any atom is 0.411 e. The molecule has 222 valence electrons. The van der Waals surface area contributed by atoms with Crippen LogP contribution in [0.1, 0.15) is 59.3 Å². The summed E-state index contributed by atoms with van der Waals surface area (Å²) < 4.78 is 17.2. The summed E-state index contributed by atoms with van der Waals surface area (Å²) in [6, 6.07) is 5.83. The number of carbonyl (C=O) groups excluding carboxylic acids is 3. The molecule has 1 saturated heterocycles. The first-order chi connectivity index (χ1) is 19.5. The lowest BCUT2D eigenvalue weighted by Crippen LogP contribution is -2.55. The molecule has 11 nitrogen and oxygen atoms in total. The Morgan fingerprint density at radius 1 is 1.15 bits per heavy atom. The van der Waals surface area contributed by atoms with E-state index in [0.717, 1.165) is 36.5 Å². The van der Waals surface area contributed by atoms with E-state index in [9.17, 15) is 19.5 Å². The summed E-state index contributed by atoms with van der Waals surface area (Å²) in [5.41, 5.74) is -0.765. The van der Waals surface area contributed by atoms with E-state index in [1.807, 2.05) is 24.3 Å². The van der Waals surface area contributed by atoms with Crippen molar-refractivity contribution in [3.63, 3.8) is 0 Å². The van der Waals surface area contributed by atoms with Crippen molar-refractivity contribution in [2.24, 2.45) is 5.92 Å². The Balaban J connectivity index is 1.34. The van der Waals surface area contributed by atoms with Gasteiger partial charge in [0.1, 0.15) is 23.5 Å². The number of pyridine rings is 1. The zero-order valence-electron chi connectivity index (χ0n) is 24.1. The van der Waals surface area contributed by atoms with E-state index >= 15 is 0 Å². The topological polar surface area (TPSA) is 139 Å². The Labute approximate surface area is 239 Å². The van der Waals surface area contributed by atoms with Crippen LogP contribution in [0.5, 0.6) is 11.6 Å². The number of hydrogen-bond donors (Lipinski definition) is 3. The van der Waals surface area contributed by atoms with Crippen molar-refractivity contribution < 1.29 is 33.7 Å². The van der Waals surface area contributed by atoms with E-state index in [1.54, 1.807) is 34.1 Å². The predicted octanol–water partition coefficient (Wildman–Crippen LogP) is 2.92. The second kappa shape index (κ2) is 11.7. The van der Waals surface area contributed by atoms with Crippen LogP contribution in [-0.4, -0.2) is 82.5 Å². The van der Waals surface area contributed by atoms with Crippen LogP contribution < -0.4 is 20.1 Å². The predicted molar refractivity (Wildman–Crippen MR) is 150 cm³/mol. The van der Waals surface area contributed by atoms with Crippen molar-refractivity contribution in [3.8, 4) is 11.6 Å². The van der Waals surface area contributed by atoms with Crippen LogP contribution in [-0.2, 0) is 14.3 Å². The molecule has 1 aromatic carbocycles. The Morgan fingerprint density at radius 2 is 1.90 bits per heavy atom. The van der Waals surface area contributed by atoms with Crippen LogP contribution in [0.15, 0.2) is 30.5 Å². The summed E-state index contributed by atoms with van der Waals surface area (Å²) in [5.74, 6) is 0.507. The lowest BCUT2D eigenvalue weighted by molar-refractivity contribution is -0.133. The summed E-state index contributed by atoms with van der Waals surface area (Å²) in [6.45, 7) is 5.40. The van der Waals surface area contributed by atoms with Crippen LogP contribution in [0.2, 0.25) is 0 Å². The third-order valence-electron chi connectivity index (χ3n) is 7.59. The molecule has 5 rings (SSSR count). The normalized spacial score (nSPS) is 22.1. The van der Waals surface area contributed by atoms with Crippen molar-refractivity contribution >= 4 is 28.7 Å². The van der Waals surface area contributed by atoms with Gasteiger partial charge in [0.25, 0.3) is 5.91 Å². The van der Waals surface area contributed by atoms with E-state index in [2.05, 4.69) is 15.6 Å². The number of likely N-dealkylation sites (tertiary alicyclic amines) is 1. The van der Waals surface area contributed by atoms with Gasteiger partial charge in [-0.2, -0.15) is 0 Å². The SMILES string of the molecule is COc1ccc2c(OC3C[C@@H](C(=O)N[C@@H](CC4CC4)C(O)C(=O)NC4CC4)N(C(=O)OC(C)(C)C)C3)nccc2c1. The molecule has 1 aliphatic heterocycles. The van der Waals surface area contributed by atoms with Gasteiger partial charge in [-0.15, -0.1) is 0 Å². The van der Waals surface area contributed by atoms with Crippen molar-refractivity contribution in [2.75, 3.05) is 13.7 Å². The molecule has 3 amide bonds. The van der Waals surface area contributed by atoms with Gasteiger partial charge in [0.15, 0.2) is 6.10 Å². The highest BCUT2D eigenvalue weighted by Gasteiger charge is 2.45. The first-order valence-corrected chi connectivity index (χ1v) is 14.4. The molecule has 2 aromatic rings. The van der Waals surface area contributed by atoms with Gasteiger partial charge >= 0.3 is 6.09 Å². The fourth-order valence-corrected chi connectivity index (χ4v) is 5.12. The lowest BCUT2D eigenvalue weighted by Gasteiger charge is -2.30. The average molecular weight is 569 g/mol. The number of rotatable bonds is 10. The van der Waals surface area contributed by atoms with Gasteiger partial charge in [0.05, 0.1) is 19.7 Å². The number of aromatic nitrogens is 1.